The highest BCUT2D eigenvalue weighted by Gasteiger charge is 2.15. The number of hydrogen-bond donors (Lipinski definition) is 0. The molecule has 146 valence electrons. The summed E-state index contributed by atoms with van der Waals surface area (Å²) in [6.45, 7) is 2.34. The molecule has 0 saturated carbocycles. The second-order valence-electron chi connectivity index (χ2n) is 5.65. The van der Waals surface area contributed by atoms with Crippen LogP contribution in [0, 0.1) is 0 Å². The maximum atomic E-state index is 12.7. The number of aromatic nitrogens is 1. The van der Waals surface area contributed by atoms with Crippen molar-refractivity contribution in [1.29, 1.82) is 0 Å². The molecule has 0 aliphatic heterocycles. The van der Waals surface area contributed by atoms with Crippen molar-refractivity contribution in [2.24, 2.45) is 4.99 Å². The predicted molar refractivity (Wildman–Crippen MR) is 109 cm³/mol. The average molecular weight is 439 g/mol. The molecule has 0 radical (unpaired) electrons. The van der Waals surface area contributed by atoms with E-state index >= 15 is 0 Å². The van der Waals surface area contributed by atoms with E-state index < -0.39 is 11.9 Å². The van der Waals surface area contributed by atoms with E-state index in [4.69, 9.17) is 32.7 Å². The summed E-state index contributed by atoms with van der Waals surface area (Å²) >= 11 is 13.3. The lowest BCUT2D eigenvalue weighted by Crippen LogP contribution is -2.22. The molecule has 0 aliphatic carbocycles. The smallest absolute Gasteiger partial charge is 0.325 e. The van der Waals surface area contributed by atoms with Gasteiger partial charge in [-0.25, -0.2) is 0 Å². The number of hydrogen-bond acceptors (Lipinski definition) is 5. The molecule has 0 saturated heterocycles. The second kappa shape index (κ2) is 8.77. The van der Waals surface area contributed by atoms with Gasteiger partial charge in [0.05, 0.1) is 34.5 Å². The van der Waals surface area contributed by atoms with Crippen LogP contribution in [-0.4, -0.2) is 30.2 Å². The van der Waals surface area contributed by atoms with E-state index in [0.717, 1.165) is 10.2 Å². The van der Waals surface area contributed by atoms with Crippen LogP contribution in [0.2, 0.25) is 10.0 Å². The van der Waals surface area contributed by atoms with Crippen LogP contribution < -0.4 is 9.54 Å². The lowest BCUT2D eigenvalue weighted by Gasteiger charge is -2.05. The van der Waals surface area contributed by atoms with Crippen molar-refractivity contribution in [2.75, 3.05) is 13.7 Å². The molecule has 3 aromatic rings. The number of nitrogens with zero attached hydrogens (tertiary/aromatic N) is 2. The Bertz CT molecular complexity index is 1120. The number of carbonyl (C=O) groups excluding carboxylic acids is 2. The van der Waals surface area contributed by atoms with E-state index in [0.29, 0.717) is 22.2 Å². The molecule has 6 nitrogen and oxygen atoms in total. The number of halogens is 2. The molecule has 0 aliphatic rings. The molecular formula is C19H16Cl2N2O4S. The van der Waals surface area contributed by atoms with Gasteiger partial charge in [-0.05, 0) is 43.3 Å². The first-order chi connectivity index (χ1) is 13.4. The van der Waals surface area contributed by atoms with Crippen molar-refractivity contribution < 1.29 is 19.1 Å². The standard InChI is InChI=1S/C19H16Cl2N2O4S/c1-3-27-12-5-7-15-16(9-12)28-19(23(15)10-17(24)26-2)22-18(25)13-8-11(20)4-6-14(13)21/h4-9H,3,10H2,1-2H3. The normalized spacial score (nSPS) is 11.6. The highest BCUT2D eigenvalue weighted by Crippen LogP contribution is 2.24. The van der Waals surface area contributed by atoms with E-state index in [-0.39, 0.29) is 17.1 Å². The molecule has 3 rings (SSSR count). The predicted octanol–water partition coefficient (Wildman–Crippen LogP) is 4.32. The first-order valence-corrected chi connectivity index (χ1v) is 9.87. The highest BCUT2D eigenvalue weighted by atomic mass is 35.5. The lowest BCUT2D eigenvalue weighted by molar-refractivity contribution is -0.141. The van der Waals surface area contributed by atoms with Gasteiger partial charge in [0.15, 0.2) is 4.80 Å². The Kier molecular flexibility index (Phi) is 6.39. The minimum absolute atomic E-state index is 0.0835. The first-order valence-electron chi connectivity index (χ1n) is 8.30. The molecule has 1 heterocycles. The van der Waals surface area contributed by atoms with Gasteiger partial charge in [0, 0.05) is 5.02 Å². The number of benzene rings is 2. The van der Waals surface area contributed by atoms with Gasteiger partial charge in [0.25, 0.3) is 5.91 Å². The Morgan fingerprint density at radius 2 is 1.96 bits per heavy atom. The Hall–Kier alpha value is -2.35. The van der Waals surface area contributed by atoms with Crippen LogP contribution in [0.3, 0.4) is 0 Å². The minimum atomic E-state index is -0.553. The van der Waals surface area contributed by atoms with E-state index in [1.54, 1.807) is 16.7 Å². The van der Waals surface area contributed by atoms with Gasteiger partial charge in [-0.15, -0.1) is 0 Å². The number of amides is 1. The zero-order chi connectivity index (χ0) is 20.3. The summed E-state index contributed by atoms with van der Waals surface area (Å²) in [5, 5.41) is 0.625. The van der Waals surface area contributed by atoms with E-state index in [1.807, 2.05) is 19.1 Å². The van der Waals surface area contributed by atoms with Crippen molar-refractivity contribution in [3.8, 4) is 5.75 Å². The molecule has 1 aromatic heterocycles. The van der Waals surface area contributed by atoms with Crippen LogP contribution in [0.25, 0.3) is 10.2 Å². The second-order valence-corrected chi connectivity index (χ2v) is 7.50. The maximum absolute atomic E-state index is 12.7. The Balaban J connectivity index is 2.15. The quantitative estimate of drug-likeness (QED) is 0.556. The van der Waals surface area contributed by atoms with Gasteiger partial charge in [0.1, 0.15) is 12.3 Å². The zero-order valence-corrected chi connectivity index (χ0v) is 17.4. The van der Waals surface area contributed by atoms with Gasteiger partial charge in [-0.2, -0.15) is 4.99 Å². The van der Waals surface area contributed by atoms with E-state index in [9.17, 15) is 9.59 Å². The van der Waals surface area contributed by atoms with Crippen LogP contribution >= 0.6 is 34.5 Å². The molecule has 1 amide bonds. The summed E-state index contributed by atoms with van der Waals surface area (Å²) in [6.07, 6.45) is 0. The van der Waals surface area contributed by atoms with Gasteiger partial charge in [-0.1, -0.05) is 34.5 Å². The fraction of sp³-hybridized carbons (Fsp3) is 0.211. The molecule has 28 heavy (non-hydrogen) atoms. The number of rotatable bonds is 5. The van der Waals surface area contributed by atoms with Gasteiger partial charge >= 0.3 is 5.97 Å². The minimum Gasteiger partial charge on any atom is -0.494 e. The number of esters is 1. The Morgan fingerprint density at radius 1 is 1.18 bits per heavy atom. The number of methoxy groups -OCH3 is 1. The third-order valence-electron chi connectivity index (χ3n) is 3.84. The lowest BCUT2D eigenvalue weighted by atomic mass is 10.2. The molecule has 0 fully saturated rings. The van der Waals surface area contributed by atoms with Gasteiger partial charge in [-0.3, -0.25) is 9.59 Å². The average Bonchev–Trinajstić information content (AvgIpc) is 3.00. The summed E-state index contributed by atoms with van der Waals surface area (Å²) in [7, 11) is 1.30. The molecule has 0 bridgehead atoms. The van der Waals surface area contributed by atoms with Crippen LogP contribution in [0.5, 0.6) is 5.75 Å². The maximum Gasteiger partial charge on any atom is 0.325 e. The van der Waals surface area contributed by atoms with Gasteiger partial charge < -0.3 is 14.0 Å². The highest BCUT2D eigenvalue weighted by molar-refractivity contribution is 7.16. The van der Waals surface area contributed by atoms with Crippen molar-refractivity contribution in [3.63, 3.8) is 0 Å². The van der Waals surface area contributed by atoms with Crippen LogP contribution in [-0.2, 0) is 16.1 Å². The van der Waals surface area contributed by atoms with Crippen molar-refractivity contribution in [2.45, 2.75) is 13.5 Å². The molecule has 0 atom stereocenters. The Labute approximate surface area is 174 Å². The summed E-state index contributed by atoms with van der Waals surface area (Å²) in [5.74, 6) is -0.316. The fourth-order valence-electron chi connectivity index (χ4n) is 2.55. The monoisotopic (exact) mass is 438 g/mol. The Morgan fingerprint density at radius 3 is 2.68 bits per heavy atom. The number of carbonyl (C=O) groups is 2. The molecule has 0 spiro atoms. The van der Waals surface area contributed by atoms with Crippen LogP contribution in [0.15, 0.2) is 41.4 Å². The van der Waals surface area contributed by atoms with Crippen molar-refractivity contribution in [1.82, 2.24) is 4.57 Å². The third-order valence-corrected chi connectivity index (χ3v) is 5.44. The summed E-state index contributed by atoms with van der Waals surface area (Å²) in [6, 6.07) is 10.0. The van der Waals surface area contributed by atoms with Crippen LogP contribution in [0.1, 0.15) is 17.3 Å². The number of fused-ring (bicyclic) bond motifs is 1. The topological polar surface area (TPSA) is 69.9 Å². The van der Waals surface area contributed by atoms with Crippen LogP contribution in [0.4, 0.5) is 0 Å². The summed E-state index contributed by atoms with van der Waals surface area (Å²) in [5.41, 5.74) is 0.925. The number of thiazole rings is 1. The van der Waals surface area contributed by atoms with Gasteiger partial charge in [0.2, 0.25) is 0 Å². The summed E-state index contributed by atoms with van der Waals surface area (Å²) in [4.78, 5) is 29.1. The SMILES string of the molecule is CCOc1ccc2c(c1)sc(=NC(=O)c1cc(Cl)ccc1Cl)n2CC(=O)OC. The van der Waals surface area contributed by atoms with E-state index in [2.05, 4.69) is 4.99 Å². The van der Waals surface area contributed by atoms with Crippen molar-refractivity contribution in [3.05, 3.63) is 56.8 Å². The zero-order valence-electron chi connectivity index (χ0n) is 15.1. The molecule has 9 heteroatoms. The van der Waals surface area contributed by atoms with E-state index in [1.165, 1.54) is 30.6 Å². The molecule has 2 aromatic carbocycles. The fourth-order valence-corrected chi connectivity index (χ4v) is 3.98. The largest absolute Gasteiger partial charge is 0.494 e. The van der Waals surface area contributed by atoms with Crippen molar-refractivity contribution >= 4 is 56.6 Å². The third kappa shape index (κ3) is 4.38. The first kappa shape index (κ1) is 20.4. The summed E-state index contributed by atoms with van der Waals surface area (Å²) < 4.78 is 12.7. The molecule has 0 N–H and O–H groups in total. The number of ether oxygens (including phenoxy) is 2. The molecule has 0 unspecified atom stereocenters. The molecular weight excluding hydrogens is 423 g/mol.